The second-order valence-electron chi connectivity index (χ2n) is 4.74. The molecule has 1 aromatic heterocycles. The summed E-state index contributed by atoms with van der Waals surface area (Å²) < 4.78 is 0. The molecule has 0 saturated carbocycles. The number of hydrogen-bond donors (Lipinski definition) is 2. The lowest BCUT2D eigenvalue weighted by Gasteiger charge is -2.15. The zero-order chi connectivity index (χ0) is 12.4. The van der Waals surface area contributed by atoms with Gasteiger partial charge in [-0.25, -0.2) is 10.8 Å². The number of hydrazine groups is 1. The van der Waals surface area contributed by atoms with E-state index in [2.05, 4.69) is 24.3 Å². The summed E-state index contributed by atoms with van der Waals surface area (Å²) in [6, 6.07) is 3.45. The SMILES string of the molecule is CC1CN(C(=O)c2ccc(NN)nc2)CC1C. The van der Waals surface area contributed by atoms with Crippen molar-refractivity contribution in [2.75, 3.05) is 18.5 Å². The number of nitrogens with one attached hydrogen (secondary N) is 1. The van der Waals surface area contributed by atoms with Gasteiger partial charge in [-0.2, -0.15) is 0 Å². The van der Waals surface area contributed by atoms with Crippen LogP contribution in [0.25, 0.3) is 0 Å². The Morgan fingerprint density at radius 3 is 2.53 bits per heavy atom. The number of nitrogens with zero attached hydrogens (tertiary/aromatic N) is 2. The molecule has 1 aromatic rings. The second-order valence-corrected chi connectivity index (χ2v) is 4.74. The molecule has 1 amide bonds. The lowest BCUT2D eigenvalue weighted by Crippen LogP contribution is -2.29. The van der Waals surface area contributed by atoms with E-state index in [9.17, 15) is 4.79 Å². The third-order valence-corrected chi connectivity index (χ3v) is 3.43. The predicted molar refractivity (Wildman–Crippen MR) is 66.3 cm³/mol. The van der Waals surface area contributed by atoms with E-state index in [1.807, 2.05) is 4.90 Å². The summed E-state index contributed by atoms with van der Waals surface area (Å²) in [5, 5.41) is 0. The number of rotatable bonds is 2. The van der Waals surface area contributed by atoms with Gasteiger partial charge in [0.15, 0.2) is 0 Å². The highest BCUT2D eigenvalue weighted by Crippen LogP contribution is 2.23. The lowest BCUT2D eigenvalue weighted by atomic mass is 10.0. The average Bonchev–Trinajstić information content (AvgIpc) is 2.69. The lowest BCUT2D eigenvalue weighted by molar-refractivity contribution is 0.0784. The second kappa shape index (κ2) is 4.71. The summed E-state index contributed by atoms with van der Waals surface area (Å²) in [7, 11) is 0. The van der Waals surface area contributed by atoms with Crippen molar-refractivity contribution < 1.29 is 4.79 Å². The van der Waals surface area contributed by atoms with Gasteiger partial charge in [-0.15, -0.1) is 0 Å². The largest absolute Gasteiger partial charge is 0.338 e. The molecule has 2 unspecified atom stereocenters. The van der Waals surface area contributed by atoms with Gasteiger partial charge in [0.1, 0.15) is 5.82 Å². The normalized spacial score (nSPS) is 23.8. The fraction of sp³-hybridized carbons (Fsp3) is 0.500. The van der Waals surface area contributed by atoms with Gasteiger partial charge in [-0.05, 0) is 24.0 Å². The number of aromatic nitrogens is 1. The van der Waals surface area contributed by atoms with Gasteiger partial charge in [0.05, 0.1) is 5.56 Å². The van der Waals surface area contributed by atoms with E-state index in [1.165, 1.54) is 0 Å². The molecule has 2 heterocycles. The molecule has 0 bridgehead atoms. The van der Waals surface area contributed by atoms with Crippen LogP contribution >= 0.6 is 0 Å². The number of carbonyl (C=O) groups excluding carboxylic acids is 1. The molecule has 1 fully saturated rings. The summed E-state index contributed by atoms with van der Waals surface area (Å²) in [4.78, 5) is 18.1. The van der Waals surface area contributed by atoms with Crippen LogP contribution in [0.4, 0.5) is 5.82 Å². The Morgan fingerprint density at radius 2 is 2.06 bits per heavy atom. The fourth-order valence-electron chi connectivity index (χ4n) is 2.08. The van der Waals surface area contributed by atoms with Crippen molar-refractivity contribution >= 4 is 11.7 Å². The van der Waals surface area contributed by atoms with E-state index < -0.39 is 0 Å². The van der Waals surface area contributed by atoms with E-state index in [0.29, 0.717) is 23.2 Å². The first-order chi connectivity index (χ1) is 8.11. The molecule has 0 spiro atoms. The minimum Gasteiger partial charge on any atom is -0.338 e. The van der Waals surface area contributed by atoms with Crippen molar-refractivity contribution in [1.29, 1.82) is 0 Å². The minimum absolute atomic E-state index is 0.0530. The van der Waals surface area contributed by atoms with Crippen molar-refractivity contribution in [1.82, 2.24) is 9.88 Å². The number of nitrogen functional groups attached to an aromatic ring is 1. The maximum atomic E-state index is 12.2. The maximum absolute atomic E-state index is 12.2. The van der Waals surface area contributed by atoms with Gasteiger partial charge in [-0.1, -0.05) is 13.8 Å². The molecule has 2 atom stereocenters. The highest BCUT2D eigenvalue weighted by Gasteiger charge is 2.29. The van der Waals surface area contributed by atoms with Gasteiger partial charge >= 0.3 is 0 Å². The van der Waals surface area contributed by atoms with Crippen LogP contribution in [0.3, 0.4) is 0 Å². The third-order valence-electron chi connectivity index (χ3n) is 3.43. The number of pyridine rings is 1. The van der Waals surface area contributed by atoms with Gasteiger partial charge in [0, 0.05) is 19.3 Å². The van der Waals surface area contributed by atoms with E-state index in [-0.39, 0.29) is 5.91 Å². The monoisotopic (exact) mass is 234 g/mol. The standard InChI is InChI=1S/C12H18N4O/c1-8-6-16(7-9(8)2)12(17)10-3-4-11(15-13)14-5-10/h3-5,8-9H,6-7,13H2,1-2H3,(H,14,15). The molecular weight excluding hydrogens is 216 g/mol. The van der Waals surface area contributed by atoms with Crippen molar-refractivity contribution in [2.24, 2.45) is 17.7 Å². The van der Waals surface area contributed by atoms with Gasteiger partial charge < -0.3 is 10.3 Å². The summed E-state index contributed by atoms with van der Waals surface area (Å²) in [5.74, 6) is 6.97. The van der Waals surface area contributed by atoms with Crippen LogP contribution < -0.4 is 11.3 Å². The average molecular weight is 234 g/mol. The number of carbonyl (C=O) groups is 1. The van der Waals surface area contributed by atoms with E-state index in [4.69, 9.17) is 5.84 Å². The van der Waals surface area contributed by atoms with Crippen LogP contribution in [-0.4, -0.2) is 28.9 Å². The summed E-state index contributed by atoms with van der Waals surface area (Å²) in [6.07, 6.45) is 1.56. The molecule has 0 aromatic carbocycles. The van der Waals surface area contributed by atoms with Gasteiger partial charge in [0.25, 0.3) is 5.91 Å². The predicted octanol–water partition coefficient (Wildman–Crippen LogP) is 1.10. The Labute approximate surface area is 101 Å². The van der Waals surface area contributed by atoms with Crippen LogP contribution in [0.2, 0.25) is 0 Å². The first kappa shape index (κ1) is 11.9. The number of amides is 1. The van der Waals surface area contributed by atoms with Crippen molar-refractivity contribution in [2.45, 2.75) is 13.8 Å². The Morgan fingerprint density at radius 1 is 1.41 bits per heavy atom. The smallest absolute Gasteiger partial charge is 0.255 e. The molecule has 0 radical (unpaired) electrons. The van der Waals surface area contributed by atoms with Crippen molar-refractivity contribution in [3.8, 4) is 0 Å². The third kappa shape index (κ3) is 2.39. The highest BCUT2D eigenvalue weighted by molar-refractivity contribution is 5.94. The molecule has 92 valence electrons. The highest BCUT2D eigenvalue weighted by atomic mass is 16.2. The molecular formula is C12H18N4O. The minimum atomic E-state index is 0.0530. The molecule has 5 nitrogen and oxygen atoms in total. The van der Waals surface area contributed by atoms with Crippen LogP contribution in [0.1, 0.15) is 24.2 Å². The summed E-state index contributed by atoms with van der Waals surface area (Å²) >= 11 is 0. The first-order valence-electron chi connectivity index (χ1n) is 5.83. The fourth-order valence-corrected chi connectivity index (χ4v) is 2.08. The van der Waals surface area contributed by atoms with Crippen molar-refractivity contribution in [3.05, 3.63) is 23.9 Å². The number of nitrogens with two attached hydrogens (primary N) is 1. The first-order valence-corrected chi connectivity index (χ1v) is 5.83. The Hall–Kier alpha value is -1.62. The molecule has 3 N–H and O–H groups in total. The van der Waals surface area contributed by atoms with E-state index in [1.54, 1.807) is 18.3 Å². The van der Waals surface area contributed by atoms with E-state index >= 15 is 0 Å². The molecule has 1 aliphatic rings. The van der Waals surface area contributed by atoms with Crippen LogP contribution in [0, 0.1) is 11.8 Å². The molecule has 1 aliphatic heterocycles. The Bertz CT molecular complexity index is 393. The molecule has 5 heteroatoms. The van der Waals surface area contributed by atoms with Crippen molar-refractivity contribution in [3.63, 3.8) is 0 Å². The molecule has 17 heavy (non-hydrogen) atoms. The summed E-state index contributed by atoms with van der Waals surface area (Å²) in [6.45, 7) is 6.02. The number of hydrogen-bond acceptors (Lipinski definition) is 4. The quantitative estimate of drug-likeness (QED) is 0.593. The van der Waals surface area contributed by atoms with Crippen LogP contribution in [-0.2, 0) is 0 Å². The maximum Gasteiger partial charge on any atom is 0.255 e. The Kier molecular flexibility index (Phi) is 3.28. The van der Waals surface area contributed by atoms with Gasteiger partial charge in [0.2, 0.25) is 0 Å². The molecule has 1 saturated heterocycles. The Balaban J connectivity index is 2.09. The zero-order valence-corrected chi connectivity index (χ0v) is 10.2. The van der Waals surface area contributed by atoms with Crippen LogP contribution in [0.15, 0.2) is 18.3 Å². The van der Waals surface area contributed by atoms with Crippen LogP contribution in [0.5, 0.6) is 0 Å². The summed E-state index contributed by atoms with van der Waals surface area (Å²) in [5.41, 5.74) is 3.06. The number of likely N-dealkylation sites (tertiary alicyclic amines) is 1. The molecule has 0 aliphatic carbocycles. The van der Waals surface area contributed by atoms with Gasteiger partial charge in [-0.3, -0.25) is 4.79 Å². The topological polar surface area (TPSA) is 71.2 Å². The number of anilines is 1. The zero-order valence-electron chi connectivity index (χ0n) is 10.2. The molecule has 2 rings (SSSR count). The van der Waals surface area contributed by atoms with E-state index in [0.717, 1.165) is 13.1 Å².